The quantitative estimate of drug-likeness (QED) is 0.134. The van der Waals surface area contributed by atoms with Crippen molar-refractivity contribution in [3.05, 3.63) is 0 Å². The second-order valence-electron chi connectivity index (χ2n) is 16.5. The molecule has 20 unspecified atom stereocenters. The molecule has 9 rings (SSSR count). The van der Waals surface area contributed by atoms with Crippen LogP contribution >= 0.6 is 0 Å². The molecular formula is C32H60N12Os. The number of hydrogen-bond donors (Lipinski definition) is 12. The Morgan fingerprint density at radius 3 is 0.733 bits per heavy atom. The van der Waals surface area contributed by atoms with Crippen molar-refractivity contribution in [2.45, 2.75) is 151 Å². The monoisotopic (exact) mass is 804 g/mol. The zero-order chi connectivity index (χ0) is 29.7. The van der Waals surface area contributed by atoms with Gasteiger partial charge >= 0.3 is 0 Å². The predicted molar refractivity (Wildman–Crippen MR) is 171 cm³/mol. The van der Waals surface area contributed by atoms with Crippen molar-refractivity contribution < 1.29 is 19.8 Å². The fraction of sp³-hybridized carbons (Fsp3) is 1.00. The maximum Gasteiger partial charge on any atom is 0.0644 e. The van der Waals surface area contributed by atoms with E-state index in [1.54, 1.807) is 0 Å². The minimum atomic E-state index is -0.315. The molecule has 16 N–H and O–H groups in total. The molecule has 0 spiro atoms. The fourth-order valence-electron chi connectivity index (χ4n) is 12.3. The van der Waals surface area contributed by atoms with Crippen LogP contribution in [0.25, 0.3) is 0 Å². The van der Waals surface area contributed by atoms with Gasteiger partial charge in [0.2, 0.25) is 0 Å². The van der Waals surface area contributed by atoms with Gasteiger partial charge in [0.1, 0.15) is 0 Å². The van der Waals surface area contributed by atoms with E-state index in [9.17, 15) is 0 Å². The van der Waals surface area contributed by atoms with Gasteiger partial charge in [-0.2, -0.15) is 0 Å². The first-order valence-corrected chi connectivity index (χ1v) is 18.6. The zero-order valence-corrected chi connectivity index (χ0v) is 29.2. The van der Waals surface area contributed by atoms with Crippen LogP contribution in [0, 0.1) is 47.3 Å². The summed E-state index contributed by atoms with van der Waals surface area (Å²) < 4.78 is 0. The average molecular weight is 803 g/mol. The number of nitrogens with two attached hydrogens (primary N) is 4. The molecule has 0 amide bonds. The maximum atomic E-state index is 6.98. The smallest absolute Gasteiger partial charge is 0.0644 e. The number of rotatable bonds is 0. The molecule has 9 fully saturated rings. The number of fused-ring (bicyclic) bond motifs is 20. The van der Waals surface area contributed by atoms with Crippen LogP contribution in [0.2, 0.25) is 0 Å². The largest absolute Gasteiger partial charge is 0.326 e. The van der Waals surface area contributed by atoms with Crippen molar-refractivity contribution in [1.82, 2.24) is 42.5 Å². The number of nitrogens with one attached hydrogen (secondary N) is 8. The molecule has 8 bridgehead atoms. The molecule has 0 aromatic heterocycles. The second kappa shape index (κ2) is 12.8. The topological polar surface area (TPSA) is 200 Å². The van der Waals surface area contributed by atoms with Gasteiger partial charge in [0.05, 0.1) is 49.3 Å². The first kappa shape index (κ1) is 32.4. The van der Waals surface area contributed by atoms with Crippen LogP contribution < -0.4 is 65.5 Å². The van der Waals surface area contributed by atoms with Crippen molar-refractivity contribution >= 4 is 0 Å². The van der Waals surface area contributed by atoms with Gasteiger partial charge in [-0.15, -0.1) is 0 Å². The van der Waals surface area contributed by atoms with Gasteiger partial charge in [-0.1, -0.05) is 38.5 Å². The van der Waals surface area contributed by atoms with E-state index < -0.39 is 0 Å². The molecule has 20 atom stereocenters. The van der Waals surface area contributed by atoms with E-state index in [4.69, 9.17) is 22.9 Å². The Balaban J connectivity index is 0.00000300. The van der Waals surface area contributed by atoms with Gasteiger partial charge < -0.3 is 22.9 Å². The first-order valence-electron chi connectivity index (χ1n) is 18.6. The summed E-state index contributed by atoms with van der Waals surface area (Å²) in [7, 11) is 0. The van der Waals surface area contributed by atoms with Gasteiger partial charge in [-0.25, -0.2) is 0 Å². The van der Waals surface area contributed by atoms with E-state index >= 15 is 0 Å². The molecular weight excluding hydrogens is 743 g/mol. The van der Waals surface area contributed by atoms with Gasteiger partial charge in [-0.3, -0.25) is 42.5 Å². The van der Waals surface area contributed by atoms with Crippen LogP contribution in [-0.4, -0.2) is 73.5 Å². The van der Waals surface area contributed by atoms with Crippen LogP contribution in [0.1, 0.15) is 77.0 Å². The van der Waals surface area contributed by atoms with Crippen LogP contribution in [0.4, 0.5) is 0 Å². The van der Waals surface area contributed by atoms with Crippen molar-refractivity contribution in [3.8, 4) is 0 Å². The van der Waals surface area contributed by atoms with Crippen molar-refractivity contribution in [1.29, 1.82) is 0 Å². The standard InChI is InChI=1S/C32H60N12.Os/c33-21-19-20(22(34)24(36)23(21)35)32-43-30-18-12-6-4-10-16(18)28(41-30)39-26-14-8-2-1-7-13(14)25(37-26)38-27-15-9-3-5-11-17(15)29(40-27)42-31(19)44-32;/h13-32,37-44H,1-12,33-36H2;. The minimum absolute atomic E-state index is 0. The molecule has 9 aliphatic rings. The van der Waals surface area contributed by atoms with Crippen molar-refractivity contribution in [2.75, 3.05) is 0 Å². The Hall–Kier alpha value is 0.156. The van der Waals surface area contributed by atoms with Crippen LogP contribution in [0.3, 0.4) is 0 Å². The Kier molecular flexibility index (Phi) is 9.21. The zero-order valence-electron chi connectivity index (χ0n) is 26.7. The summed E-state index contributed by atoms with van der Waals surface area (Å²) in [5.41, 5.74) is 27.3. The number of hydrogen-bond acceptors (Lipinski definition) is 12. The molecule has 4 aliphatic carbocycles. The molecule has 12 nitrogen and oxygen atoms in total. The van der Waals surface area contributed by atoms with E-state index in [1.807, 2.05) is 0 Å². The third-order valence-corrected chi connectivity index (χ3v) is 14.5. The predicted octanol–water partition coefficient (Wildman–Crippen LogP) is -1.65. The summed E-state index contributed by atoms with van der Waals surface area (Å²) in [6, 6.07) is -1.07. The van der Waals surface area contributed by atoms with Gasteiger partial charge in [0.15, 0.2) is 0 Å². The molecule has 5 heterocycles. The third kappa shape index (κ3) is 5.35. The molecule has 256 valence electrons. The van der Waals surface area contributed by atoms with E-state index in [-0.39, 0.29) is 80.5 Å². The van der Waals surface area contributed by atoms with Gasteiger partial charge in [0.25, 0.3) is 0 Å². The van der Waals surface area contributed by atoms with E-state index in [2.05, 4.69) is 42.5 Å². The fourth-order valence-corrected chi connectivity index (χ4v) is 12.3. The molecule has 0 radical (unpaired) electrons. The Bertz CT molecular complexity index is 978. The minimum Gasteiger partial charge on any atom is -0.326 e. The van der Waals surface area contributed by atoms with E-state index in [1.165, 1.54) is 77.0 Å². The Labute approximate surface area is 282 Å². The molecule has 4 saturated carbocycles. The van der Waals surface area contributed by atoms with Crippen LogP contribution in [-0.2, 0) is 19.8 Å². The van der Waals surface area contributed by atoms with Crippen molar-refractivity contribution in [2.24, 2.45) is 70.3 Å². The summed E-state index contributed by atoms with van der Waals surface area (Å²) in [4.78, 5) is 0. The maximum absolute atomic E-state index is 6.98. The average Bonchev–Trinajstić information content (AvgIpc) is 3.78. The molecule has 0 aromatic rings. The van der Waals surface area contributed by atoms with Crippen LogP contribution in [0.15, 0.2) is 0 Å². The van der Waals surface area contributed by atoms with E-state index in [0.717, 1.165) is 0 Å². The summed E-state index contributed by atoms with van der Waals surface area (Å²) in [6.45, 7) is 0. The summed E-state index contributed by atoms with van der Waals surface area (Å²) >= 11 is 0. The van der Waals surface area contributed by atoms with Gasteiger partial charge in [0, 0.05) is 55.8 Å². The summed E-state index contributed by atoms with van der Waals surface area (Å²) in [5.74, 6) is 3.98. The molecule has 0 aromatic carbocycles. The van der Waals surface area contributed by atoms with E-state index in [0.29, 0.717) is 60.2 Å². The van der Waals surface area contributed by atoms with Crippen molar-refractivity contribution in [3.63, 3.8) is 0 Å². The first-order chi connectivity index (χ1) is 21.5. The van der Waals surface area contributed by atoms with Gasteiger partial charge in [-0.05, 0) is 74.0 Å². The van der Waals surface area contributed by atoms with Crippen LogP contribution in [0.5, 0.6) is 0 Å². The summed E-state index contributed by atoms with van der Waals surface area (Å²) in [6.07, 6.45) is 17.4. The summed E-state index contributed by atoms with van der Waals surface area (Å²) in [5, 5.41) is 33.0. The SMILES string of the molecule is NC1C(N)C(N)C2C3NC4NC(NC5NC(NC6NC(NC(N3)C2C1N)C1CCCCC61)C1CCCCC51)C1CCCCC41.[Os]. The normalized spacial score (nSPS) is 58.9. The Morgan fingerprint density at radius 2 is 0.489 bits per heavy atom. The Morgan fingerprint density at radius 1 is 0.289 bits per heavy atom. The third-order valence-electron chi connectivity index (χ3n) is 14.5. The molecule has 45 heavy (non-hydrogen) atoms. The second-order valence-corrected chi connectivity index (χ2v) is 16.5. The molecule has 5 aliphatic heterocycles. The molecule has 13 heteroatoms. The molecule has 5 saturated heterocycles.